The summed E-state index contributed by atoms with van der Waals surface area (Å²) in [4.78, 5) is 12.1. The molecule has 0 atom stereocenters. The van der Waals surface area contributed by atoms with Gasteiger partial charge >= 0.3 is 0 Å². The van der Waals surface area contributed by atoms with E-state index in [1.54, 1.807) is 0 Å². The summed E-state index contributed by atoms with van der Waals surface area (Å²) in [6.45, 7) is 2.11. The molecular formula is C30H23N3. The predicted molar refractivity (Wildman–Crippen MR) is 139 cm³/mol. The van der Waals surface area contributed by atoms with Crippen LogP contribution in [0.1, 0.15) is 11.1 Å². The lowest BCUT2D eigenvalue weighted by atomic mass is 10.0. The van der Waals surface area contributed by atoms with Crippen molar-refractivity contribution < 1.29 is 0 Å². The molecule has 0 spiro atoms. The quantitative estimate of drug-likeness (QED) is 0.268. The highest BCUT2D eigenvalue weighted by atomic mass is 14.8. The predicted octanol–water partition coefficient (Wildman–Crippen LogP) is 8.04. The van der Waals surface area contributed by atoms with Crippen LogP contribution < -0.4 is 0 Å². The summed E-state index contributed by atoms with van der Waals surface area (Å²) < 4.78 is 0. The molecule has 0 unspecified atom stereocenters. The number of H-pyrrole nitrogens is 2. The maximum absolute atomic E-state index is 4.98. The number of para-hydroxylation sites is 3. The van der Waals surface area contributed by atoms with Crippen LogP contribution in [0.15, 0.2) is 108 Å². The van der Waals surface area contributed by atoms with Crippen LogP contribution in [0, 0.1) is 6.92 Å². The van der Waals surface area contributed by atoms with Crippen LogP contribution in [0.3, 0.4) is 0 Å². The fourth-order valence-electron chi connectivity index (χ4n) is 4.41. The molecule has 0 aliphatic carbocycles. The minimum Gasteiger partial charge on any atom is -0.354 e. The molecule has 158 valence electrons. The second kappa shape index (κ2) is 7.95. The summed E-state index contributed by atoms with van der Waals surface area (Å²) in [5.41, 5.74) is 9.92. The zero-order chi connectivity index (χ0) is 22.2. The van der Waals surface area contributed by atoms with Crippen molar-refractivity contribution in [3.05, 3.63) is 114 Å². The van der Waals surface area contributed by atoms with Crippen molar-refractivity contribution in [2.24, 2.45) is 4.99 Å². The lowest BCUT2D eigenvalue weighted by Crippen LogP contribution is -1.87. The number of benzene rings is 4. The number of aromatic amines is 2. The Morgan fingerprint density at radius 1 is 0.697 bits per heavy atom. The molecule has 0 aliphatic rings. The number of nitrogens with zero attached hydrogens (tertiary/aromatic N) is 1. The molecule has 4 aromatic carbocycles. The average Bonchev–Trinajstić information content (AvgIpc) is 3.45. The monoisotopic (exact) mass is 425 g/mol. The van der Waals surface area contributed by atoms with E-state index in [4.69, 9.17) is 4.99 Å². The molecule has 6 aromatic rings. The second-order valence-electron chi connectivity index (χ2n) is 8.37. The second-order valence-corrected chi connectivity index (χ2v) is 8.37. The SMILES string of the molecule is Cc1ccc(-c2[nH]c3ccccc3c2C=Nc2ccccc2-c2cc3ccccc3[nH]2)cc1. The molecular weight excluding hydrogens is 402 g/mol. The lowest BCUT2D eigenvalue weighted by Gasteiger charge is -2.05. The van der Waals surface area contributed by atoms with E-state index in [1.165, 1.54) is 16.3 Å². The zero-order valence-electron chi connectivity index (χ0n) is 18.3. The number of aryl methyl sites for hydroxylation is 1. The fourth-order valence-corrected chi connectivity index (χ4v) is 4.41. The van der Waals surface area contributed by atoms with Gasteiger partial charge < -0.3 is 9.97 Å². The molecule has 0 amide bonds. The molecule has 3 nitrogen and oxygen atoms in total. The number of hydrogen-bond donors (Lipinski definition) is 2. The maximum atomic E-state index is 4.98. The number of fused-ring (bicyclic) bond motifs is 2. The van der Waals surface area contributed by atoms with Crippen LogP contribution in [0.4, 0.5) is 5.69 Å². The normalized spacial score (nSPS) is 11.7. The molecule has 0 aliphatic heterocycles. The summed E-state index contributed by atoms with van der Waals surface area (Å²) in [7, 11) is 0. The molecule has 6 rings (SSSR count). The van der Waals surface area contributed by atoms with Gasteiger partial charge in [-0.3, -0.25) is 4.99 Å². The Balaban J connectivity index is 1.47. The van der Waals surface area contributed by atoms with Crippen molar-refractivity contribution in [3.63, 3.8) is 0 Å². The highest BCUT2D eigenvalue weighted by Gasteiger charge is 2.12. The highest BCUT2D eigenvalue weighted by molar-refractivity contribution is 6.06. The third-order valence-electron chi connectivity index (χ3n) is 6.14. The van der Waals surface area contributed by atoms with Gasteiger partial charge in [-0.1, -0.05) is 84.4 Å². The lowest BCUT2D eigenvalue weighted by molar-refractivity contribution is 1.41. The van der Waals surface area contributed by atoms with Crippen molar-refractivity contribution >= 4 is 33.7 Å². The summed E-state index contributed by atoms with van der Waals surface area (Å²) in [5.74, 6) is 0. The number of aliphatic imine (C=N–C) groups is 1. The smallest absolute Gasteiger partial charge is 0.0723 e. The Hall–Kier alpha value is -4.37. The van der Waals surface area contributed by atoms with Crippen LogP contribution >= 0.6 is 0 Å². The van der Waals surface area contributed by atoms with Crippen LogP contribution in [0.5, 0.6) is 0 Å². The van der Waals surface area contributed by atoms with Crippen molar-refractivity contribution in [3.8, 4) is 22.5 Å². The first-order valence-corrected chi connectivity index (χ1v) is 11.2. The third kappa shape index (κ3) is 3.54. The molecule has 33 heavy (non-hydrogen) atoms. The Kier molecular flexibility index (Phi) is 4.66. The summed E-state index contributed by atoms with van der Waals surface area (Å²) in [5, 5.41) is 2.37. The molecule has 0 saturated carbocycles. The van der Waals surface area contributed by atoms with E-state index in [9.17, 15) is 0 Å². The van der Waals surface area contributed by atoms with E-state index < -0.39 is 0 Å². The summed E-state index contributed by atoms with van der Waals surface area (Å²) in [6.07, 6.45) is 2.00. The number of aromatic nitrogens is 2. The van der Waals surface area contributed by atoms with Gasteiger partial charge in [0.05, 0.1) is 11.4 Å². The van der Waals surface area contributed by atoms with Gasteiger partial charge in [-0.2, -0.15) is 0 Å². The van der Waals surface area contributed by atoms with Crippen LogP contribution in [-0.2, 0) is 0 Å². The fraction of sp³-hybridized carbons (Fsp3) is 0.0333. The van der Waals surface area contributed by atoms with Gasteiger partial charge in [-0.05, 0) is 36.8 Å². The average molecular weight is 426 g/mol. The van der Waals surface area contributed by atoms with E-state index in [0.29, 0.717) is 0 Å². The van der Waals surface area contributed by atoms with Gasteiger partial charge in [0.1, 0.15) is 0 Å². The Morgan fingerprint density at radius 3 is 2.27 bits per heavy atom. The molecule has 2 N–H and O–H groups in total. The number of rotatable bonds is 4. The molecule has 3 heteroatoms. The topological polar surface area (TPSA) is 43.9 Å². The minimum absolute atomic E-state index is 0.934. The van der Waals surface area contributed by atoms with E-state index in [0.717, 1.165) is 44.8 Å². The molecule has 2 heterocycles. The third-order valence-corrected chi connectivity index (χ3v) is 6.14. The van der Waals surface area contributed by atoms with E-state index in [1.807, 2.05) is 12.3 Å². The summed E-state index contributed by atoms with van der Waals surface area (Å²) in [6, 6.07) is 35.8. The van der Waals surface area contributed by atoms with Gasteiger partial charge in [0.15, 0.2) is 0 Å². The Morgan fingerprint density at radius 2 is 1.42 bits per heavy atom. The Bertz CT molecular complexity index is 1580. The van der Waals surface area contributed by atoms with Gasteiger partial charge in [-0.15, -0.1) is 0 Å². The minimum atomic E-state index is 0.934. The Labute approximate surface area is 192 Å². The van der Waals surface area contributed by atoms with E-state index >= 15 is 0 Å². The van der Waals surface area contributed by atoms with Crippen molar-refractivity contribution in [1.82, 2.24) is 9.97 Å². The van der Waals surface area contributed by atoms with Crippen LogP contribution in [0.25, 0.3) is 44.3 Å². The van der Waals surface area contributed by atoms with Crippen LogP contribution in [-0.4, -0.2) is 16.2 Å². The molecule has 2 aromatic heterocycles. The zero-order valence-corrected chi connectivity index (χ0v) is 18.3. The van der Waals surface area contributed by atoms with Gasteiger partial charge in [0, 0.05) is 44.8 Å². The standard InChI is InChI=1S/C30H23N3/c1-20-14-16-21(17-15-20)30-25(23-9-3-7-13-28(23)33-30)19-31-27-12-6-4-10-24(27)29-18-22-8-2-5-11-26(22)32-29/h2-19,32-33H,1H3. The molecule has 0 radical (unpaired) electrons. The largest absolute Gasteiger partial charge is 0.354 e. The van der Waals surface area contributed by atoms with Gasteiger partial charge in [0.2, 0.25) is 0 Å². The first-order chi connectivity index (χ1) is 16.3. The molecule has 0 bridgehead atoms. The number of hydrogen-bond acceptors (Lipinski definition) is 1. The first-order valence-electron chi connectivity index (χ1n) is 11.2. The van der Waals surface area contributed by atoms with Crippen molar-refractivity contribution in [1.29, 1.82) is 0 Å². The first kappa shape index (κ1) is 19.3. The van der Waals surface area contributed by atoms with Crippen LogP contribution in [0.2, 0.25) is 0 Å². The summed E-state index contributed by atoms with van der Waals surface area (Å²) >= 11 is 0. The van der Waals surface area contributed by atoms with E-state index in [-0.39, 0.29) is 0 Å². The molecule has 0 fully saturated rings. The van der Waals surface area contributed by atoms with Gasteiger partial charge in [-0.25, -0.2) is 0 Å². The van der Waals surface area contributed by atoms with Crippen molar-refractivity contribution in [2.45, 2.75) is 6.92 Å². The maximum Gasteiger partial charge on any atom is 0.0723 e. The van der Waals surface area contributed by atoms with E-state index in [2.05, 4.69) is 114 Å². The van der Waals surface area contributed by atoms with Crippen molar-refractivity contribution in [2.75, 3.05) is 0 Å². The number of nitrogens with one attached hydrogen (secondary N) is 2. The highest BCUT2D eigenvalue weighted by Crippen LogP contribution is 2.33. The van der Waals surface area contributed by atoms with Gasteiger partial charge in [0.25, 0.3) is 0 Å². The molecule has 0 saturated heterocycles.